The minimum atomic E-state index is 0.154. The Bertz CT molecular complexity index is 1990. The zero-order valence-electron chi connectivity index (χ0n) is 23.4. The molecule has 0 spiro atoms. The van der Waals surface area contributed by atoms with Gasteiger partial charge in [0, 0.05) is 23.3 Å². The lowest BCUT2D eigenvalue weighted by Gasteiger charge is -2.19. The number of hydrogen-bond donors (Lipinski definition) is 0. The van der Waals surface area contributed by atoms with Crippen LogP contribution in [0.15, 0.2) is 128 Å². The van der Waals surface area contributed by atoms with Crippen LogP contribution < -0.4 is 0 Å². The molecule has 0 aliphatic carbocycles. The van der Waals surface area contributed by atoms with Crippen LogP contribution in [0.5, 0.6) is 0 Å². The summed E-state index contributed by atoms with van der Waals surface area (Å²) in [4.78, 5) is 6.15. The first-order valence-corrected chi connectivity index (χ1v) is 13.9. The summed E-state index contributed by atoms with van der Waals surface area (Å²) in [5, 5.41) is 11.9. The normalized spacial score (nSPS) is 11.8. The van der Waals surface area contributed by atoms with Crippen molar-refractivity contribution in [2.45, 2.75) is 26.2 Å². The minimum Gasteiger partial charge on any atom is -0.263 e. The van der Waals surface area contributed by atoms with Gasteiger partial charge in [-0.2, -0.15) is 4.80 Å². The summed E-state index contributed by atoms with van der Waals surface area (Å²) >= 11 is 0. The van der Waals surface area contributed by atoms with Crippen molar-refractivity contribution in [2.75, 3.05) is 0 Å². The molecule has 41 heavy (non-hydrogen) atoms. The van der Waals surface area contributed by atoms with Crippen LogP contribution in [0.4, 0.5) is 0 Å². The molecule has 7 aromatic rings. The molecule has 0 N–H and O–H groups in total. The molecule has 0 atom stereocenters. The molecule has 0 bridgehead atoms. The van der Waals surface area contributed by atoms with Gasteiger partial charge < -0.3 is 0 Å². The van der Waals surface area contributed by atoms with Crippen LogP contribution in [0.1, 0.15) is 26.3 Å². The highest BCUT2D eigenvalue weighted by molar-refractivity contribution is 5.95. The lowest BCUT2D eigenvalue weighted by Crippen LogP contribution is -2.10. The Kier molecular flexibility index (Phi) is 5.97. The van der Waals surface area contributed by atoms with Gasteiger partial charge in [-0.05, 0) is 68.4 Å². The molecule has 198 valence electrons. The fraction of sp³-hybridized carbons (Fsp3) is 0.108. The van der Waals surface area contributed by atoms with Crippen molar-refractivity contribution in [3.8, 4) is 39.1 Å². The number of rotatable bonds is 4. The monoisotopic (exact) mass is 530 g/mol. The Morgan fingerprint density at radius 1 is 0.537 bits per heavy atom. The van der Waals surface area contributed by atoms with Gasteiger partial charge in [0.2, 0.25) is 0 Å². The third-order valence-electron chi connectivity index (χ3n) is 7.76. The van der Waals surface area contributed by atoms with E-state index in [-0.39, 0.29) is 5.41 Å². The van der Waals surface area contributed by atoms with E-state index in [4.69, 9.17) is 10.2 Å². The molecule has 0 aliphatic heterocycles. The highest BCUT2D eigenvalue weighted by Crippen LogP contribution is 2.30. The SMILES string of the molecule is CC(C)(C)c1ccc(-c2ccc(-c3ccc4nn(-c5ccc(-c6cncc7ccccc67)cc5)nc4c3)cc2)cc1. The van der Waals surface area contributed by atoms with Gasteiger partial charge in [0.1, 0.15) is 11.0 Å². The summed E-state index contributed by atoms with van der Waals surface area (Å²) in [7, 11) is 0. The van der Waals surface area contributed by atoms with Crippen LogP contribution in [0.3, 0.4) is 0 Å². The summed E-state index contributed by atoms with van der Waals surface area (Å²) in [6.07, 6.45) is 3.83. The summed E-state index contributed by atoms with van der Waals surface area (Å²) in [6.45, 7) is 6.73. The van der Waals surface area contributed by atoms with Crippen molar-refractivity contribution in [2.24, 2.45) is 0 Å². The highest BCUT2D eigenvalue weighted by Gasteiger charge is 2.13. The van der Waals surface area contributed by atoms with Gasteiger partial charge in [0.05, 0.1) is 5.69 Å². The molecule has 0 aliphatic rings. The Balaban J connectivity index is 1.14. The van der Waals surface area contributed by atoms with E-state index in [0.29, 0.717) is 0 Å². The second kappa shape index (κ2) is 9.83. The van der Waals surface area contributed by atoms with Gasteiger partial charge in [0.15, 0.2) is 0 Å². The van der Waals surface area contributed by atoms with Crippen molar-refractivity contribution in [3.05, 3.63) is 133 Å². The van der Waals surface area contributed by atoms with E-state index < -0.39 is 0 Å². The third kappa shape index (κ3) is 4.78. The largest absolute Gasteiger partial charge is 0.263 e. The Hall–Kier alpha value is -5.09. The molecule has 0 unspecified atom stereocenters. The molecule has 2 aromatic heterocycles. The second-order valence-electron chi connectivity index (χ2n) is 11.6. The van der Waals surface area contributed by atoms with Crippen molar-refractivity contribution in [1.29, 1.82) is 0 Å². The smallest absolute Gasteiger partial charge is 0.114 e. The topological polar surface area (TPSA) is 43.6 Å². The van der Waals surface area contributed by atoms with E-state index in [1.54, 1.807) is 4.80 Å². The Labute approximate surface area is 239 Å². The van der Waals surface area contributed by atoms with Crippen molar-refractivity contribution in [1.82, 2.24) is 20.0 Å². The van der Waals surface area contributed by atoms with Gasteiger partial charge in [-0.1, -0.05) is 112 Å². The molecule has 5 aromatic carbocycles. The van der Waals surface area contributed by atoms with Gasteiger partial charge in [0.25, 0.3) is 0 Å². The summed E-state index contributed by atoms with van der Waals surface area (Å²) in [6, 6.07) is 40.6. The predicted molar refractivity (Wildman–Crippen MR) is 169 cm³/mol. The Morgan fingerprint density at radius 2 is 1.12 bits per heavy atom. The molecule has 2 heterocycles. The van der Waals surface area contributed by atoms with Crippen LogP contribution in [0.25, 0.3) is 60.9 Å². The number of nitrogens with zero attached hydrogens (tertiary/aromatic N) is 4. The van der Waals surface area contributed by atoms with Gasteiger partial charge >= 0.3 is 0 Å². The number of hydrogen-bond acceptors (Lipinski definition) is 3. The average molecular weight is 531 g/mol. The Morgan fingerprint density at radius 3 is 1.83 bits per heavy atom. The maximum absolute atomic E-state index is 4.81. The minimum absolute atomic E-state index is 0.154. The van der Waals surface area contributed by atoms with E-state index in [1.807, 2.05) is 24.5 Å². The first kappa shape index (κ1) is 24.9. The first-order chi connectivity index (χ1) is 19.9. The molecule has 7 rings (SSSR count). The van der Waals surface area contributed by atoms with E-state index in [1.165, 1.54) is 22.1 Å². The molecule has 4 heteroatoms. The fourth-order valence-electron chi connectivity index (χ4n) is 5.35. The van der Waals surface area contributed by atoms with E-state index in [0.717, 1.165) is 44.4 Å². The van der Waals surface area contributed by atoms with Crippen LogP contribution in [0.2, 0.25) is 0 Å². The zero-order chi connectivity index (χ0) is 28.0. The van der Waals surface area contributed by atoms with Crippen molar-refractivity contribution < 1.29 is 0 Å². The standard InChI is InChI=1S/C37H30N4/c1-37(2,3)31-17-12-26(13-18-31)25-8-10-27(11-9-25)29-16-21-35-36(22-29)40-41(39-35)32-19-14-28(15-20-32)34-24-38-23-30-6-4-5-7-33(30)34/h4-24H,1-3H3. The maximum Gasteiger partial charge on any atom is 0.114 e. The van der Waals surface area contributed by atoms with Gasteiger partial charge in [-0.15, -0.1) is 10.2 Å². The van der Waals surface area contributed by atoms with Crippen LogP contribution in [0, 0.1) is 0 Å². The molecule has 0 saturated heterocycles. The van der Waals surface area contributed by atoms with E-state index in [2.05, 4.69) is 129 Å². The average Bonchev–Trinajstić information content (AvgIpc) is 3.44. The molecule has 4 nitrogen and oxygen atoms in total. The number of pyridine rings is 1. The summed E-state index contributed by atoms with van der Waals surface area (Å²) < 4.78 is 0. The molecular weight excluding hydrogens is 500 g/mol. The lowest BCUT2D eigenvalue weighted by atomic mass is 9.86. The van der Waals surface area contributed by atoms with Gasteiger partial charge in [-0.25, -0.2) is 0 Å². The fourth-order valence-corrected chi connectivity index (χ4v) is 5.35. The predicted octanol–water partition coefficient (Wildman–Crippen LogP) is 9.27. The maximum atomic E-state index is 4.81. The molecule has 0 amide bonds. The van der Waals surface area contributed by atoms with Crippen molar-refractivity contribution >= 4 is 21.8 Å². The second-order valence-corrected chi connectivity index (χ2v) is 11.6. The van der Waals surface area contributed by atoms with E-state index >= 15 is 0 Å². The van der Waals surface area contributed by atoms with Crippen LogP contribution in [-0.2, 0) is 5.41 Å². The lowest BCUT2D eigenvalue weighted by molar-refractivity contribution is 0.590. The summed E-state index contributed by atoms with van der Waals surface area (Å²) in [5.74, 6) is 0. The highest BCUT2D eigenvalue weighted by atomic mass is 15.5. The first-order valence-electron chi connectivity index (χ1n) is 13.9. The quantitative estimate of drug-likeness (QED) is 0.228. The van der Waals surface area contributed by atoms with Gasteiger partial charge in [-0.3, -0.25) is 4.98 Å². The van der Waals surface area contributed by atoms with Crippen LogP contribution >= 0.6 is 0 Å². The third-order valence-corrected chi connectivity index (χ3v) is 7.76. The molecule has 0 radical (unpaired) electrons. The van der Waals surface area contributed by atoms with Crippen LogP contribution in [-0.4, -0.2) is 20.0 Å². The molecule has 0 fully saturated rings. The number of aromatic nitrogens is 4. The summed E-state index contributed by atoms with van der Waals surface area (Å²) in [5.41, 5.74) is 11.1. The van der Waals surface area contributed by atoms with E-state index in [9.17, 15) is 0 Å². The van der Waals surface area contributed by atoms with Crippen molar-refractivity contribution in [3.63, 3.8) is 0 Å². The zero-order valence-corrected chi connectivity index (χ0v) is 23.4. The molecule has 0 saturated carbocycles. The molecular formula is C37H30N4. The number of benzene rings is 5. The number of fused-ring (bicyclic) bond motifs is 2.